The molecule has 0 atom stereocenters. The molecular formula is C18H16N2O2. The van der Waals surface area contributed by atoms with Gasteiger partial charge in [-0.05, 0) is 49.2 Å². The molecular weight excluding hydrogens is 276 g/mol. The number of nitrogens with zero attached hydrogens (tertiary/aromatic N) is 2. The predicted molar refractivity (Wildman–Crippen MR) is 84.1 cm³/mol. The van der Waals surface area contributed by atoms with Gasteiger partial charge in [-0.3, -0.25) is 0 Å². The number of rotatable bonds is 7. The Balaban J connectivity index is 1.60. The molecule has 0 aliphatic carbocycles. The van der Waals surface area contributed by atoms with Crippen molar-refractivity contribution < 1.29 is 9.47 Å². The van der Waals surface area contributed by atoms with E-state index < -0.39 is 0 Å². The third-order valence-corrected chi connectivity index (χ3v) is 3.03. The largest absolute Gasteiger partial charge is 0.494 e. The molecule has 0 aliphatic rings. The molecule has 0 saturated heterocycles. The van der Waals surface area contributed by atoms with Gasteiger partial charge in [0.1, 0.15) is 11.5 Å². The van der Waals surface area contributed by atoms with E-state index in [0.717, 1.165) is 24.3 Å². The van der Waals surface area contributed by atoms with Crippen molar-refractivity contribution in [1.82, 2.24) is 0 Å². The lowest BCUT2D eigenvalue weighted by Gasteiger charge is -2.08. The zero-order chi connectivity index (χ0) is 15.6. The second-order valence-corrected chi connectivity index (χ2v) is 4.65. The first-order chi connectivity index (χ1) is 10.8. The minimum atomic E-state index is 0.614. The fourth-order valence-electron chi connectivity index (χ4n) is 1.83. The molecule has 2 rings (SSSR count). The van der Waals surface area contributed by atoms with E-state index in [0.29, 0.717) is 24.5 Å². The lowest BCUT2D eigenvalue weighted by molar-refractivity contribution is 0.266. The number of ether oxygens (including phenoxy) is 2. The van der Waals surface area contributed by atoms with Crippen molar-refractivity contribution in [2.24, 2.45) is 0 Å². The fraction of sp³-hybridized carbons (Fsp3) is 0.222. The fourth-order valence-corrected chi connectivity index (χ4v) is 1.83. The molecule has 0 unspecified atom stereocenters. The van der Waals surface area contributed by atoms with Crippen molar-refractivity contribution >= 4 is 5.69 Å². The topological polar surface area (TPSA) is 46.6 Å². The maximum absolute atomic E-state index is 8.71. The van der Waals surface area contributed by atoms with E-state index >= 15 is 0 Å². The monoisotopic (exact) mass is 292 g/mol. The van der Waals surface area contributed by atoms with Crippen molar-refractivity contribution in [3.05, 3.63) is 65.5 Å². The third kappa shape index (κ3) is 4.85. The standard InChI is InChI=1S/C18H16N2O2/c1-20-16-6-10-18(11-7-16)22-13-3-2-12-21-17-8-4-15(14-19)5-9-17/h4-11H,2-3,12-13H2. The summed E-state index contributed by atoms with van der Waals surface area (Å²) < 4.78 is 11.2. The second-order valence-electron chi connectivity index (χ2n) is 4.65. The first-order valence-corrected chi connectivity index (χ1v) is 7.05. The van der Waals surface area contributed by atoms with Gasteiger partial charge in [0.2, 0.25) is 0 Å². The first kappa shape index (κ1) is 15.4. The molecule has 0 bridgehead atoms. The molecule has 0 N–H and O–H groups in total. The average molecular weight is 292 g/mol. The normalized spacial score (nSPS) is 9.55. The lowest BCUT2D eigenvalue weighted by Crippen LogP contribution is -2.02. The van der Waals surface area contributed by atoms with Gasteiger partial charge in [0, 0.05) is 0 Å². The van der Waals surface area contributed by atoms with Crippen LogP contribution < -0.4 is 9.47 Å². The van der Waals surface area contributed by atoms with Crippen LogP contribution in [0.5, 0.6) is 11.5 Å². The Kier molecular flexibility index (Phi) is 5.84. The number of nitriles is 1. The van der Waals surface area contributed by atoms with E-state index in [4.69, 9.17) is 21.3 Å². The minimum Gasteiger partial charge on any atom is -0.494 e. The Morgan fingerprint density at radius 1 is 0.864 bits per heavy atom. The number of unbranched alkanes of at least 4 members (excludes halogenated alkanes) is 1. The quantitative estimate of drug-likeness (QED) is 0.563. The van der Waals surface area contributed by atoms with Crippen molar-refractivity contribution in [1.29, 1.82) is 5.26 Å². The van der Waals surface area contributed by atoms with Gasteiger partial charge < -0.3 is 9.47 Å². The van der Waals surface area contributed by atoms with Gasteiger partial charge in [-0.15, -0.1) is 0 Å². The average Bonchev–Trinajstić information content (AvgIpc) is 2.59. The van der Waals surface area contributed by atoms with E-state index in [9.17, 15) is 0 Å². The molecule has 0 radical (unpaired) electrons. The highest BCUT2D eigenvalue weighted by Crippen LogP contribution is 2.18. The van der Waals surface area contributed by atoms with Gasteiger partial charge in [-0.1, -0.05) is 12.1 Å². The highest BCUT2D eigenvalue weighted by atomic mass is 16.5. The Hall–Kier alpha value is -2.98. The highest BCUT2D eigenvalue weighted by molar-refractivity contribution is 5.46. The summed E-state index contributed by atoms with van der Waals surface area (Å²) in [5, 5.41) is 8.71. The van der Waals surface area contributed by atoms with Gasteiger partial charge in [0.15, 0.2) is 5.69 Å². The molecule has 2 aromatic carbocycles. The first-order valence-electron chi connectivity index (χ1n) is 7.05. The molecule has 4 nitrogen and oxygen atoms in total. The van der Waals surface area contributed by atoms with Crippen LogP contribution in [0.2, 0.25) is 0 Å². The Morgan fingerprint density at radius 2 is 1.36 bits per heavy atom. The molecule has 0 aromatic heterocycles. The summed E-state index contributed by atoms with van der Waals surface area (Å²) in [6, 6.07) is 16.3. The molecule has 0 saturated carbocycles. The van der Waals surface area contributed by atoms with Gasteiger partial charge in [-0.2, -0.15) is 5.26 Å². The van der Waals surface area contributed by atoms with Gasteiger partial charge in [-0.25, -0.2) is 4.85 Å². The number of hydrogen-bond donors (Lipinski definition) is 0. The molecule has 0 amide bonds. The van der Waals surface area contributed by atoms with Crippen molar-refractivity contribution in [3.63, 3.8) is 0 Å². The maximum atomic E-state index is 8.71. The molecule has 0 heterocycles. The zero-order valence-electron chi connectivity index (χ0n) is 12.2. The third-order valence-electron chi connectivity index (χ3n) is 3.03. The van der Waals surface area contributed by atoms with Crippen LogP contribution >= 0.6 is 0 Å². The summed E-state index contributed by atoms with van der Waals surface area (Å²) in [5.41, 5.74) is 1.24. The summed E-state index contributed by atoms with van der Waals surface area (Å²) in [4.78, 5) is 3.33. The van der Waals surface area contributed by atoms with Crippen molar-refractivity contribution in [3.8, 4) is 17.6 Å². The lowest BCUT2D eigenvalue weighted by atomic mass is 10.2. The van der Waals surface area contributed by atoms with Crippen molar-refractivity contribution in [2.45, 2.75) is 12.8 Å². The summed E-state index contributed by atoms with van der Waals surface area (Å²) in [5.74, 6) is 1.55. The Bertz CT molecular complexity index is 603. The molecule has 110 valence electrons. The molecule has 0 aliphatic heterocycles. The van der Waals surface area contributed by atoms with Gasteiger partial charge in [0.05, 0.1) is 31.4 Å². The van der Waals surface area contributed by atoms with Crippen LogP contribution in [0.1, 0.15) is 18.4 Å². The Labute approximate surface area is 130 Å². The SMILES string of the molecule is [C-]#[N+]c1ccc(OCCCCOc2ccc(C#N)cc2)cc1. The van der Waals surface area contributed by atoms with Crippen LogP contribution in [-0.2, 0) is 0 Å². The van der Waals surface area contributed by atoms with Crippen molar-refractivity contribution in [2.75, 3.05) is 13.2 Å². The summed E-state index contributed by atoms with van der Waals surface area (Å²) in [6.07, 6.45) is 1.78. The van der Waals surface area contributed by atoms with E-state index in [-0.39, 0.29) is 0 Å². The highest BCUT2D eigenvalue weighted by Gasteiger charge is 1.97. The molecule has 4 heteroatoms. The molecule has 0 fully saturated rings. The predicted octanol–water partition coefficient (Wildman–Crippen LogP) is 4.35. The number of benzene rings is 2. The smallest absolute Gasteiger partial charge is 0.187 e. The Morgan fingerprint density at radius 3 is 1.82 bits per heavy atom. The molecule has 22 heavy (non-hydrogen) atoms. The molecule has 0 spiro atoms. The van der Waals surface area contributed by atoms with Crippen LogP contribution in [0, 0.1) is 17.9 Å². The number of hydrogen-bond acceptors (Lipinski definition) is 3. The van der Waals surface area contributed by atoms with Crippen LogP contribution in [0.25, 0.3) is 4.85 Å². The van der Waals surface area contributed by atoms with Gasteiger partial charge in [0.25, 0.3) is 0 Å². The van der Waals surface area contributed by atoms with Crippen LogP contribution in [-0.4, -0.2) is 13.2 Å². The summed E-state index contributed by atoms with van der Waals surface area (Å²) in [7, 11) is 0. The zero-order valence-corrected chi connectivity index (χ0v) is 12.2. The van der Waals surface area contributed by atoms with E-state index in [1.807, 2.05) is 0 Å². The van der Waals surface area contributed by atoms with Crippen LogP contribution in [0.3, 0.4) is 0 Å². The van der Waals surface area contributed by atoms with E-state index in [2.05, 4.69) is 10.9 Å². The summed E-state index contributed by atoms with van der Waals surface area (Å²) >= 11 is 0. The van der Waals surface area contributed by atoms with E-state index in [1.165, 1.54) is 0 Å². The molecule has 2 aromatic rings. The summed E-state index contributed by atoms with van der Waals surface area (Å²) in [6.45, 7) is 8.11. The van der Waals surface area contributed by atoms with Crippen LogP contribution in [0.4, 0.5) is 5.69 Å². The van der Waals surface area contributed by atoms with Gasteiger partial charge >= 0.3 is 0 Å². The minimum absolute atomic E-state index is 0.614. The van der Waals surface area contributed by atoms with E-state index in [1.54, 1.807) is 48.5 Å². The second kappa shape index (κ2) is 8.34. The maximum Gasteiger partial charge on any atom is 0.187 e. The van der Waals surface area contributed by atoms with Crippen LogP contribution in [0.15, 0.2) is 48.5 Å².